The third kappa shape index (κ3) is 3.84. The number of aromatic nitrogens is 1. The van der Waals surface area contributed by atoms with Crippen LogP contribution < -0.4 is 25.7 Å². The van der Waals surface area contributed by atoms with Gasteiger partial charge in [-0.1, -0.05) is 11.3 Å². The van der Waals surface area contributed by atoms with E-state index in [1.165, 1.54) is 11.3 Å². The van der Waals surface area contributed by atoms with Crippen molar-refractivity contribution in [2.24, 2.45) is 4.99 Å². The minimum atomic E-state index is -0.590. The zero-order chi connectivity index (χ0) is 15.6. The quantitative estimate of drug-likeness (QED) is 0.758. The molecule has 1 aliphatic rings. The van der Waals surface area contributed by atoms with Crippen molar-refractivity contribution in [3.05, 3.63) is 19.7 Å². The first-order valence-corrected chi connectivity index (χ1v) is 7.59. The molecule has 0 aromatic carbocycles. The Morgan fingerprint density at radius 1 is 1.38 bits per heavy atom. The standard InChI is InChI=1S/C13H20N4O3S/c1-8(15-16-12(19)20-13(2,3)4)9-10(18)17-7-5-6-14-11(17)21-9/h15H,5-7H2,1-4H3,(H,16,19)/b9-8-. The summed E-state index contributed by atoms with van der Waals surface area (Å²) in [7, 11) is 0. The van der Waals surface area contributed by atoms with Crippen molar-refractivity contribution in [3.63, 3.8) is 0 Å². The van der Waals surface area contributed by atoms with E-state index in [1.54, 1.807) is 32.3 Å². The summed E-state index contributed by atoms with van der Waals surface area (Å²) in [5.74, 6) is 0. The van der Waals surface area contributed by atoms with Gasteiger partial charge in [0.15, 0.2) is 4.80 Å². The number of nitrogens with one attached hydrogen (secondary N) is 2. The summed E-state index contributed by atoms with van der Waals surface area (Å²) < 4.78 is 7.33. The van der Waals surface area contributed by atoms with Gasteiger partial charge < -0.3 is 4.74 Å². The molecular formula is C13H20N4O3S. The first-order chi connectivity index (χ1) is 9.78. The Bertz CT molecular complexity index is 711. The number of nitrogens with zero attached hydrogens (tertiary/aromatic N) is 2. The molecule has 0 saturated carbocycles. The summed E-state index contributed by atoms with van der Waals surface area (Å²) in [6, 6.07) is 0. The van der Waals surface area contributed by atoms with Gasteiger partial charge in [-0.05, 0) is 34.1 Å². The minimum absolute atomic E-state index is 0.0746. The molecule has 0 aliphatic carbocycles. The molecule has 0 bridgehead atoms. The topological polar surface area (TPSA) is 84.7 Å². The third-order valence-electron chi connectivity index (χ3n) is 2.74. The maximum absolute atomic E-state index is 12.2. The molecule has 116 valence electrons. The number of thiazole rings is 1. The maximum Gasteiger partial charge on any atom is 0.426 e. The highest BCUT2D eigenvalue weighted by molar-refractivity contribution is 7.07. The van der Waals surface area contributed by atoms with Crippen LogP contribution in [-0.2, 0) is 11.3 Å². The van der Waals surface area contributed by atoms with Crippen molar-refractivity contribution < 1.29 is 9.53 Å². The van der Waals surface area contributed by atoms with Gasteiger partial charge in [0, 0.05) is 13.1 Å². The van der Waals surface area contributed by atoms with Gasteiger partial charge in [-0.25, -0.2) is 10.2 Å². The number of carbonyl (C=O) groups excluding carboxylic acids is 1. The summed E-state index contributed by atoms with van der Waals surface area (Å²) in [4.78, 5) is 28.9. The molecule has 2 rings (SSSR count). The van der Waals surface area contributed by atoms with E-state index in [9.17, 15) is 9.59 Å². The van der Waals surface area contributed by atoms with Crippen LogP contribution in [0, 0.1) is 0 Å². The van der Waals surface area contributed by atoms with Gasteiger partial charge in [0.1, 0.15) is 10.1 Å². The molecule has 0 fully saturated rings. The average Bonchev–Trinajstić information content (AvgIpc) is 2.72. The lowest BCUT2D eigenvalue weighted by molar-refractivity contribution is 0.0510. The van der Waals surface area contributed by atoms with E-state index in [1.807, 2.05) is 0 Å². The lowest BCUT2D eigenvalue weighted by Gasteiger charge is -2.20. The van der Waals surface area contributed by atoms with Gasteiger partial charge in [0.2, 0.25) is 0 Å². The highest BCUT2D eigenvalue weighted by atomic mass is 32.1. The van der Waals surface area contributed by atoms with Crippen LogP contribution in [0.1, 0.15) is 34.1 Å². The summed E-state index contributed by atoms with van der Waals surface area (Å²) in [5, 5.41) is 0. The minimum Gasteiger partial charge on any atom is -0.443 e. The van der Waals surface area contributed by atoms with Gasteiger partial charge >= 0.3 is 6.09 Å². The lowest BCUT2D eigenvalue weighted by Crippen LogP contribution is -2.43. The third-order valence-corrected chi connectivity index (χ3v) is 3.96. The monoisotopic (exact) mass is 312 g/mol. The Labute approximate surface area is 126 Å². The second-order valence-corrected chi connectivity index (χ2v) is 6.76. The SMILES string of the molecule is C/C(NNC(=O)OC(C)(C)C)=c1/sc2n(c1=O)CCCN=2. The Morgan fingerprint density at radius 2 is 2.10 bits per heavy atom. The molecule has 2 heterocycles. The molecule has 7 nitrogen and oxygen atoms in total. The lowest BCUT2D eigenvalue weighted by atomic mass is 10.2. The molecule has 0 atom stereocenters. The smallest absolute Gasteiger partial charge is 0.426 e. The van der Waals surface area contributed by atoms with E-state index in [2.05, 4.69) is 15.8 Å². The van der Waals surface area contributed by atoms with Crippen molar-refractivity contribution >= 4 is 23.1 Å². The largest absolute Gasteiger partial charge is 0.443 e. The van der Waals surface area contributed by atoms with Gasteiger partial charge in [0.05, 0.1) is 5.70 Å². The highest BCUT2D eigenvalue weighted by Crippen LogP contribution is 2.05. The van der Waals surface area contributed by atoms with E-state index in [0.29, 0.717) is 16.8 Å². The highest BCUT2D eigenvalue weighted by Gasteiger charge is 2.16. The second-order valence-electron chi connectivity index (χ2n) is 5.78. The van der Waals surface area contributed by atoms with Crippen molar-refractivity contribution in [1.82, 2.24) is 15.4 Å². The zero-order valence-corrected chi connectivity index (χ0v) is 13.5. The van der Waals surface area contributed by atoms with Crippen LogP contribution in [0.15, 0.2) is 9.79 Å². The van der Waals surface area contributed by atoms with Crippen LogP contribution in [0.25, 0.3) is 5.70 Å². The molecule has 1 aromatic heterocycles. The molecule has 0 spiro atoms. The fraction of sp³-hybridized carbons (Fsp3) is 0.615. The van der Waals surface area contributed by atoms with Crippen molar-refractivity contribution in [1.29, 1.82) is 0 Å². The first-order valence-electron chi connectivity index (χ1n) is 6.78. The van der Waals surface area contributed by atoms with Crippen LogP contribution in [0.3, 0.4) is 0 Å². The van der Waals surface area contributed by atoms with E-state index in [0.717, 1.165) is 17.8 Å². The number of hydrogen-bond acceptors (Lipinski definition) is 6. The van der Waals surface area contributed by atoms with E-state index in [4.69, 9.17) is 4.74 Å². The van der Waals surface area contributed by atoms with Gasteiger partial charge in [0.25, 0.3) is 5.56 Å². The van der Waals surface area contributed by atoms with Crippen LogP contribution >= 0.6 is 11.3 Å². The summed E-state index contributed by atoms with van der Waals surface area (Å²) in [6.45, 7) is 8.53. The average molecular weight is 312 g/mol. The molecule has 21 heavy (non-hydrogen) atoms. The maximum atomic E-state index is 12.2. The predicted octanol–water partition coefficient (Wildman–Crippen LogP) is 0.0905. The fourth-order valence-electron chi connectivity index (χ4n) is 1.86. The number of ether oxygens (including phenoxy) is 1. The molecule has 1 amide bonds. The van der Waals surface area contributed by atoms with E-state index < -0.39 is 11.7 Å². The number of hydrazine groups is 1. The number of rotatable bonds is 2. The number of fused-ring (bicyclic) bond motifs is 1. The summed E-state index contributed by atoms with van der Waals surface area (Å²) in [5.41, 5.74) is 5.08. The molecule has 0 radical (unpaired) electrons. The van der Waals surface area contributed by atoms with Crippen molar-refractivity contribution in [3.8, 4) is 0 Å². The molecule has 8 heteroatoms. The summed E-state index contributed by atoms with van der Waals surface area (Å²) >= 11 is 1.33. The van der Waals surface area contributed by atoms with Gasteiger partial charge in [-0.3, -0.25) is 19.8 Å². The Kier molecular flexibility index (Phi) is 4.36. The molecule has 0 unspecified atom stereocenters. The Morgan fingerprint density at radius 3 is 2.71 bits per heavy atom. The number of hydrogen-bond donors (Lipinski definition) is 2. The van der Waals surface area contributed by atoms with Crippen LogP contribution in [-0.4, -0.2) is 22.8 Å². The molecule has 1 aliphatic heterocycles. The predicted molar refractivity (Wildman–Crippen MR) is 80.4 cm³/mol. The van der Waals surface area contributed by atoms with Crippen molar-refractivity contribution in [2.45, 2.75) is 46.3 Å². The van der Waals surface area contributed by atoms with Gasteiger partial charge in [-0.2, -0.15) is 0 Å². The molecule has 1 aromatic rings. The van der Waals surface area contributed by atoms with Crippen LogP contribution in [0.2, 0.25) is 0 Å². The van der Waals surface area contributed by atoms with Crippen molar-refractivity contribution in [2.75, 3.05) is 6.54 Å². The molecule has 2 N–H and O–H groups in total. The van der Waals surface area contributed by atoms with Crippen LogP contribution in [0.5, 0.6) is 0 Å². The Hall–Kier alpha value is -1.83. The zero-order valence-electron chi connectivity index (χ0n) is 12.6. The number of amides is 1. The second kappa shape index (κ2) is 5.88. The van der Waals surface area contributed by atoms with E-state index in [-0.39, 0.29) is 5.56 Å². The summed E-state index contributed by atoms with van der Waals surface area (Å²) in [6.07, 6.45) is 0.291. The molecule has 0 saturated heterocycles. The van der Waals surface area contributed by atoms with Crippen LogP contribution in [0.4, 0.5) is 4.79 Å². The Balaban J connectivity index is 2.17. The number of carbonyl (C=O) groups is 1. The fourth-order valence-corrected chi connectivity index (χ4v) is 2.88. The van der Waals surface area contributed by atoms with E-state index >= 15 is 0 Å². The molecular weight excluding hydrogens is 292 g/mol. The normalized spacial score (nSPS) is 15.6. The first kappa shape index (κ1) is 15.6. The van der Waals surface area contributed by atoms with Gasteiger partial charge in [-0.15, -0.1) is 0 Å².